The van der Waals surface area contributed by atoms with Gasteiger partial charge in [-0.15, -0.1) is 0 Å². The first-order chi connectivity index (χ1) is 18.8. The van der Waals surface area contributed by atoms with Gasteiger partial charge in [-0.3, -0.25) is 9.59 Å². The summed E-state index contributed by atoms with van der Waals surface area (Å²) in [6, 6.07) is 20.6. The number of halogens is 2. The molecule has 5 rings (SSSR count). The lowest BCUT2D eigenvalue weighted by Crippen LogP contribution is -2.52. The Morgan fingerprint density at radius 1 is 0.974 bits per heavy atom. The second-order valence-corrected chi connectivity index (χ2v) is 12.4. The van der Waals surface area contributed by atoms with E-state index >= 15 is 0 Å². The average molecular weight is 586 g/mol. The summed E-state index contributed by atoms with van der Waals surface area (Å²) in [5.74, 6) is -0.900. The van der Waals surface area contributed by atoms with E-state index in [-0.39, 0.29) is 30.2 Å². The number of rotatable bonds is 7. The molecule has 9 heteroatoms. The summed E-state index contributed by atoms with van der Waals surface area (Å²) < 4.78 is 12.7. The monoisotopic (exact) mass is 584 g/mol. The smallest absolute Gasteiger partial charge is 0.254 e. The Kier molecular flexibility index (Phi) is 8.84. The van der Waals surface area contributed by atoms with Gasteiger partial charge in [0.15, 0.2) is 4.90 Å². The molecule has 1 saturated carbocycles. The topological polar surface area (TPSA) is 92.7 Å². The molecule has 204 valence electrons. The average Bonchev–Trinajstić information content (AvgIpc) is 2.94. The van der Waals surface area contributed by atoms with Crippen LogP contribution in [0.1, 0.15) is 59.1 Å². The molecule has 1 fully saturated rings. The molecule has 0 spiro atoms. The minimum atomic E-state index is -1.26. The first-order valence-electron chi connectivity index (χ1n) is 13.1. The molecule has 0 bridgehead atoms. The molecule has 1 heterocycles. The van der Waals surface area contributed by atoms with E-state index in [0.29, 0.717) is 57.3 Å². The van der Waals surface area contributed by atoms with Crippen LogP contribution in [0.25, 0.3) is 0 Å². The highest BCUT2D eigenvalue weighted by Crippen LogP contribution is 2.47. The number of amides is 2. The molecule has 3 aromatic rings. The van der Waals surface area contributed by atoms with Gasteiger partial charge in [0.1, 0.15) is 5.75 Å². The van der Waals surface area contributed by atoms with Crippen LogP contribution in [-0.2, 0) is 16.0 Å². The molecule has 0 saturated heterocycles. The van der Waals surface area contributed by atoms with E-state index < -0.39 is 29.2 Å². The number of aliphatic hydroxyl groups is 1. The number of hydrogen-bond acceptors (Lipinski definition) is 4. The quantitative estimate of drug-likeness (QED) is 0.358. The number of carbonyl (C=O) groups is 2. The van der Waals surface area contributed by atoms with Gasteiger partial charge in [-0.1, -0.05) is 65.7 Å². The zero-order valence-electron chi connectivity index (χ0n) is 21.3. The van der Waals surface area contributed by atoms with Gasteiger partial charge in [0.2, 0.25) is 5.91 Å². The van der Waals surface area contributed by atoms with Crippen LogP contribution in [0.3, 0.4) is 0 Å². The van der Waals surface area contributed by atoms with Crippen LogP contribution in [0.2, 0.25) is 10.0 Å². The molecule has 1 unspecified atom stereocenters. The summed E-state index contributed by atoms with van der Waals surface area (Å²) in [5.41, 5.74) is 1.76. The van der Waals surface area contributed by atoms with Crippen LogP contribution in [-0.4, -0.2) is 50.8 Å². The lowest BCUT2D eigenvalue weighted by atomic mass is 9.77. The third-order valence-corrected chi connectivity index (χ3v) is 9.53. The number of carbonyl (C=O) groups excluding carboxylic acids is 2. The molecular formula is C30H30Cl2N2O4S. The highest BCUT2D eigenvalue weighted by atomic mass is 35.5. The predicted octanol–water partition coefficient (Wildman–Crippen LogP) is 5.50. The molecule has 2 aliphatic rings. The van der Waals surface area contributed by atoms with Gasteiger partial charge < -0.3 is 19.9 Å². The first-order valence-corrected chi connectivity index (χ1v) is 15.2. The molecule has 6 nitrogen and oxygen atoms in total. The second-order valence-electron chi connectivity index (χ2n) is 10.0. The van der Waals surface area contributed by atoms with Crippen molar-refractivity contribution in [2.24, 2.45) is 0 Å². The third kappa shape index (κ3) is 5.98. The highest BCUT2D eigenvalue weighted by molar-refractivity contribution is 7.91. The summed E-state index contributed by atoms with van der Waals surface area (Å²) in [6.07, 6.45) is 2.02. The van der Waals surface area contributed by atoms with Gasteiger partial charge in [-0.2, -0.15) is 0 Å². The largest absolute Gasteiger partial charge is 0.611 e. The SMILES string of the molecule is O=C(NCC[S+]([O-])c1ccccc1)[C@@H]1c2ccccc2C(=O)N([C@H]2CC[C@H](O)CC2)[C@H]1c1ccc(Cl)cc1Cl. The number of hydrogen-bond donors (Lipinski definition) is 2. The molecule has 3 aromatic carbocycles. The molecule has 2 amide bonds. The van der Waals surface area contributed by atoms with Crippen molar-refractivity contribution in [2.75, 3.05) is 12.3 Å². The van der Waals surface area contributed by atoms with Crippen LogP contribution in [0, 0.1) is 0 Å². The maximum Gasteiger partial charge on any atom is 0.254 e. The van der Waals surface area contributed by atoms with E-state index in [9.17, 15) is 19.2 Å². The highest BCUT2D eigenvalue weighted by Gasteiger charge is 2.47. The fourth-order valence-electron chi connectivity index (χ4n) is 5.71. The van der Waals surface area contributed by atoms with Crippen molar-refractivity contribution < 1.29 is 19.2 Å². The Hall–Kier alpha value is -2.55. The molecule has 0 aromatic heterocycles. The van der Waals surface area contributed by atoms with Gasteiger partial charge in [0, 0.05) is 21.7 Å². The third-order valence-electron chi connectivity index (χ3n) is 7.59. The summed E-state index contributed by atoms with van der Waals surface area (Å²) in [5, 5.41) is 14.0. The molecule has 1 aliphatic heterocycles. The lowest BCUT2D eigenvalue weighted by molar-refractivity contribution is -0.124. The van der Waals surface area contributed by atoms with Crippen molar-refractivity contribution in [2.45, 2.75) is 54.7 Å². The van der Waals surface area contributed by atoms with E-state index in [0.717, 1.165) is 0 Å². The van der Waals surface area contributed by atoms with Crippen LogP contribution in [0.5, 0.6) is 0 Å². The van der Waals surface area contributed by atoms with Gasteiger partial charge in [-0.05, 0) is 78.3 Å². The van der Waals surface area contributed by atoms with Crippen LogP contribution in [0.15, 0.2) is 77.7 Å². The van der Waals surface area contributed by atoms with Gasteiger partial charge in [-0.25, -0.2) is 0 Å². The fourth-order valence-corrected chi connectivity index (χ4v) is 7.21. The Labute approximate surface area is 241 Å². The molecule has 39 heavy (non-hydrogen) atoms. The first kappa shape index (κ1) is 28.0. The maximum atomic E-state index is 14.0. The minimum Gasteiger partial charge on any atom is -0.611 e. The summed E-state index contributed by atoms with van der Waals surface area (Å²) in [6.45, 7) is 0.212. The number of nitrogens with zero attached hydrogens (tertiary/aromatic N) is 1. The Balaban J connectivity index is 1.50. The van der Waals surface area contributed by atoms with Gasteiger partial charge >= 0.3 is 0 Å². The number of aliphatic hydroxyl groups excluding tert-OH is 1. The Morgan fingerprint density at radius 3 is 2.38 bits per heavy atom. The number of nitrogens with one attached hydrogen (secondary N) is 1. The van der Waals surface area contributed by atoms with Crippen molar-refractivity contribution in [1.82, 2.24) is 10.2 Å². The number of fused-ring (bicyclic) bond motifs is 1. The van der Waals surface area contributed by atoms with Crippen molar-refractivity contribution in [3.63, 3.8) is 0 Å². The van der Waals surface area contributed by atoms with E-state index in [4.69, 9.17) is 23.2 Å². The van der Waals surface area contributed by atoms with Crippen molar-refractivity contribution in [3.8, 4) is 0 Å². The Bertz CT molecular complexity index is 1330. The Morgan fingerprint density at radius 2 is 1.67 bits per heavy atom. The number of benzene rings is 3. The molecular weight excluding hydrogens is 555 g/mol. The normalized spacial score (nSPS) is 23.7. The predicted molar refractivity (Wildman–Crippen MR) is 154 cm³/mol. The summed E-state index contributed by atoms with van der Waals surface area (Å²) in [7, 11) is 0. The van der Waals surface area contributed by atoms with Crippen LogP contribution in [0.4, 0.5) is 0 Å². The molecule has 0 radical (unpaired) electrons. The lowest BCUT2D eigenvalue weighted by Gasteiger charge is -2.47. The zero-order chi connectivity index (χ0) is 27.5. The van der Waals surface area contributed by atoms with Crippen molar-refractivity contribution in [1.29, 1.82) is 0 Å². The second kappa shape index (κ2) is 12.3. The van der Waals surface area contributed by atoms with E-state index in [1.54, 1.807) is 47.4 Å². The summed E-state index contributed by atoms with van der Waals surface area (Å²) in [4.78, 5) is 30.5. The van der Waals surface area contributed by atoms with E-state index in [1.165, 1.54) is 0 Å². The summed E-state index contributed by atoms with van der Waals surface area (Å²) >= 11 is 11.7. The molecule has 2 N–H and O–H groups in total. The van der Waals surface area contributed by atoms with Crippen molar-refractivity contribution in [3.05, 3.63) is 99.5 Å². The van der Waals surface area contributed by atoms with Gasteiger partial charge in [0.25, 0.3) is 5.91 Å². The van der Waals surface area contributed by atoms with Gasteiger partial charge in [0.05, 0.1) is 24.6 Å². The zero-order valence-corrected chi connectivity index (χ0v) is 23.6. The standard InChI is InChI=1S/C30H30Cl2N2O4S/c31-19-10-15-25(26(32)18-19)28-27(29(36)33-16-17-39(38)22-6-2-1-3-7-22)23-8-4-5-9-24(23)30(37)34(28)20-11-13-21(35)14-12-20/h1-10,15,18,20-21,27-28,35H,11-14,16-17H2,(H,33,36)/t20-,21-,27-,28+,39?/m1/s1. The molecule has 1 aliphatic carbocycles. The van der Waals surface area contributed by atoms with E-state index in [2.05, 4.69) is 5.32 Å². The maximum absolute atomic E-state index is 14.0. The molecule has 3 atom stereocenters. The van der Waals surface area contributed by atoms with E-state index in [1.807, 2.05) is 30.3 Å². The van der Waals surface area contributed by atoms with Crippen LogP contribution >= 0.6 is 23.2 Å². The fraction of sp³-hybridized carbons (Fsp3) is 0.333. The van der Waals surface area contributed by atoms with Crippen LogP contribution < -0.4 is 5.32 Å². The van der Waals surface area contributed by atoms with Crippen molar-refractivity contribution >= 4 is 46.2 Å². The minimum absolute atomic E-state index is 0.155.